The van der Waals surface area contributed by atoms with E-state index >= 15 is 0 Å². The Hall–Kier alpha value is -0.900. The number of hydrogen-bond acceptors (Lipinski definition) is 3. The van der Waals surface area contributed by atoms with Gasteiger partial charge in [0.05, 0.1) is 6.61 Å². The summed E-state index contributed by atoms with van der Waals surface area (Å²) in [5.41, 5.74) is 1.47. The molecule has 3 nitrogen and oxygen atoms in total. The first-order valence-electron chi connectivity index (χ1n) is 8.96. The van der Waals surface area contributed by atoms with Gasteiger partial charge in [0.15, 0.2) is 0 Å². The minimum Gasteiger partial charge on any atom is -0.381 e. The third-order valence-corrected chi connectivity index (χ3v) is 5.00. The molecule has 1 atom stereocenters. The van der Waals surface area contributed by atoms with Gasteiger partial charge in [-0.05, 0) is 56.8 Å². The van der Waals surface area contributed by atoms with Crippen LogP contribution in [0, 0.1) is 5.92 Å². The van der Waals surface area contributed by atoms with Crippen molar-refractivity contribution in [2.24, 2.45) is 5.92 Å². The molecule has 22 heavy (non-hydrogen) atoms. The summed E-state index contributed by atoms with van der Waals surface area (Å²) in [5, 5.41) is 0. The van der Waals surface area contributed by atoms with E-state index in [1.54, 1.807) is 0 Å². The standard InChI is InChI=1S/C19H30N2O/c1-2-6-18(7-3-1)8-4-10-20-11-5-12-21(14-13-20)16-19-9-15-22-17-19/h1-3,6-7,19H,4-5,8-17H2. The Morgan fingerprint density at radius 3 is 2.64 bits per heavy atom. The van der Waals surface area contributed by atoms with Gasteiger partial charge in [0, 0.05) is 26.2 Å². The lowest BCUT2D eigenvalue weighted by atomic mass is 10.1. The maximum atomic E-state index is 5.51. The molecule has 2 heterocycles. The minimum absolute atomic E-state index is 0.782. The second kappa shape index (κ2) is 8.66. The minimum atomic E-state index is 0.782. The Morgan fingerprint density at radius 1 is 1.00 bits per heavy atom. The van der Waals surface area contributed by atoms with Crippen LogP contribution in [0.1, 0.15) is 24.8 Å². The molecule has 3 heteroatoms. The number of hydrogen-bond donors (Lipinski definition) is 0. The lowest BCUT2D eigenvalue weighted by molar-refractivity contribution is 0.167. The highest BCUT2D eigenvalue weighted by Crippen LogP contribution is 2.15. The van der Waals surface area contributed by atoms with Crippen molar-refractivity contribution in [3.8, 4) is 0 Å². The summed E-state index contributed by atoms with van der Waals surface area (Å²) >= 11 is 0. The summed E-state index contributed by atoms with van der Waals surface area (Å²) in [6.07, 6.45) is 5.07. The van der Waals surface area contributed by atoms with Gasteiger partial charge in [0.1, 0.15) is 0 Å². The SMILES string of the molecule is c1ccc(CCCN2CCCN(CC3CCOC3)CC2)cc1. The summed E-state index contributed by atoms with van der Waals surface area (Å²) < 4.78 is 5.51. The molecule has 0 aromatic heterocycles. The quantitative estimate of drug-likeness (QED) is 0.803. The van der Waals surface area contributed by atoms with Crippen LogP contribution in [0.4, 0.5) is 0 Å². The average Bonchev–Trinajstić information content (AvgIpc) is 2.96. The van der Waals surface area contributed by atoms with Crippen LogP contribution in [0.5, 0.6) is 0 Å². The molecule has 0 amide bonds. The number of nitrogens with zero attached hydrogens (tertiary/aromatic N) is 2. The molecule has 2 saturated heterocycles. The molecule has 2 fully saturated rings. The Labute approximate surface area is 135 Å². The van der Waals surface area contributed by atoms with E-state index in [0.717, 1.165) is 19.1 Å². The first kappa shape index (κ1) is 16.0. The van der Waals surface area contributed by atoms with Crippen LogP contribution in [0.3, 0.4) is 0 Å². The first-order valence-corrected chi connectivity index (χ1v) is 8.96. The van der Waals surface area contributed by atoms with Gasteiger partial charge in [0.2, 0.25) is 0 Å². The number of aryl methyl sites for hydroxylation is 1. The number of rotatable bonds is 6. The first-order chi connectivity index (χ1) is 10.9. The van der Waals surface area contributed by atoms with E-state index in [2.05, 4.69) is 40.1 Å². The molecular formula is C19H30N2O. The maximum Gasteiger partial charge on any atom is 0.0507 e. The van der Waals surface area contributed by atoms with Crippen LogP contribution < -0.4 is 0 Å². The highest BCUT2D eigenvalue weighted by atomic mass is 16.5. The summed E-state index contributed by atoms with van der Waals surface area (Å²) in [6.45, 7) is 9.47. The Morgan fingerprint density at radius 2 is 1.82 bits per heavy atom. The molecule has 122 valence electrons. The van der Waals surface area contributed by atoms with Gasteiger partial charge in [-0.3, -0.25) is 0 Å². The smallest absolute Gasteiger partial charge is 0.0507 e. The van der Waals surface area contributed by atoms with Gasteiger partial charge in [-0.2, -0.15) is 0 Å². The van der Waals surface area contributed by atoms with Gasteiger partial charge in [-0.15, -0.1) is 0 Å². The zero-order chi connectivity index (χ0) is 15.0. The van der Waals surface area contributed by atoms with E-state index in [9.17, 15) is 0 Å². The van der Waals surface area contributed by atoms with Crippen molar-refractivity contribution >= 4 is 0 Å². The fourth-order valence-corrected chi connectivity index (χ4v) is 3.67. The van der Waals surface area contributed by atoms with Crippen molar-refractivity contribution in [2.45, 2.75) is 25.7 Å². The predicted molar refractivity (Wildman–Crippen MR) is 91.2 cm³/mol. The number of ether oxygens (including phenoxy) is 1. The van der Waals surface area contributed by atoms with E-state index in [4.69, 9.17) is 4.74 Å². The van der Waals surface area contributed by atoms with Gasteiger partial charge < -0.3 is 14.5 Å². The number of benzene rings is 1. The highest BCUT2D eigenvalue weighted by molar-refractivity contribution is 5.14. The summed E-state index contributed by atoms with van der Waals surface area (Å²) in [7, 11) is 0. The van der Waals surface area contributed by atoms with Crippen molar-refractivity contribution in [1.82, 2.24) is 9.80 Å². The van der Waals surface area contributed by atoms with Crippen molar-refractivity contribution in [3.63, 3.8) is 0 Å². The fourth-order valence-electron chi connectivity index (χ4n) is 3.67. The average molecular weight is 302 g/mol. The Kier molecular flexibility index (Phi) is 6.29. The van der Waals surface area contributed by atoms with Gasteiger partial charge in [-0.25, -0.2) is 0 Å². The summed E-state index contributed by atoms with van der Waals surface area (Å²) in [5.74, 6) is 0.782. The van der Waals surface area contributed by atoms with Crippen LogP contribution >= 0.6 is 0 Å². The van der Waals surface area contributed by atoms with Crippen LogP contribution in [-0.4, -0.2) is 62.3 Å². The summed E-state index contributed by atoms with van der Waals surface area (Å²) in [6, 6.07) is 10.9. The molecule has 1 aromatic rings. The molecule has 0 spiro atoms. The molecule has 1 aromatic carbocycles. The van der Waals surface area contributed by atoms with E-state index < -0.39 is 0 Å². The molecule has 0 N–H and O–H groups in total. The maximum absolute atomic E-state index is 5.51. The molecule has 0 radical (unpaired) electrons. The topological polar surface area (TPSA) is 15.7 Å². The van der Waals surface area contributed by atoms with Crippen molar-refractivity contribution in [3.05, 3.63) is 35.9 Å². The van der Waals surface area contributed by atoms with E-state index in [-0.39, 0.29) is 0 Å². The molecule has 3 rings (SSSR count). The third kappa shape index (κ3) is 5.08. The molecule has 0 aliphatic carbocycles. The Bertz CT molecular complexity index is 417. The zero-order valence-corrected chi connectivity index (χ0v) is 13.8. The van der Waals surface area contributed by atoms with Gasteiger partial charge in [-0.1, -0.05) is 30.3 Å². The van der Waals surface area contributed by atoms with Crippen molar-refractivity contribution in [1.29, 1.82) is 0 Å². The molecule has 0 bridgehead atoms. The molecule has 0 saturated carbocycles. The van der Waals surface area contributed by atoms with Crippen LogP contribution in [0.15, 0.2) is 30.3 Å². The normalized spacial score (nSPS) is 24.5. The predicted octanol–water partition coefficient (Wildman–Crippen LogP) is 2.66. The van der Waals surface area contributed by atoms with Gasteiger partial charge in [0.25, 0.3) is 0 Å². The molecule has 2 aliphatic heterocycles. The lowest BCUT2D eigenvalue weighted by Gasteiger charge is -2.23. The fraction of sp³-hybridized carbons (Fsp3) is 0.684. The van der Waals surface area contributed by atoms with Crippen molar-refractivity contribution < 1.29 is 4.74 Å². The monoisotopic (exact) mass is 302 g/mol. The molecule has 1 unspecified atom stereocenters. The zero-order valence-electron chi connectivity index (χ0n) is 13.8. The second-order valence-corrected chi connectivity index (χ2v) is 6.81. The van der Waals surface area contributed by atoms with E-state index in [1.807, 2.05) is 0 Å². The van der Waals surface area contributed by atoms with Crippen LogP contribution in [0.2, 0.25) is 0 Å². The van der Waals surface area contributed by atoms with E-state index in [0.29, 0.717) is 0 Å². The van der Waals surface area contributed by atoms with E-state index in [1.165, 1.54) is 70.5 Å². The Balaban J connectivity index is 1.35. The van der Waals surface area contributed by atoms with Crippen LogP contribution in [0.25, 0.3) is 0 Å². The molecular weight excluding hydrogens is 272 g/mol. The lowest BCUT2D eigenvalue weighted by Crippen LogP contribution is -2.34. The summed E-state index contributed by atoms with van der Waals surface area (Å²) in [4.78, 5) is 5.32. The largest absolute Gasteiger partial charge is 0.381 e. The van der Waals surface area contributed by atoms with Gasteiger partial charge >= 0.3 is 0 Å². The highest BCUT2D eigenvalue weighted by Gasteiger charge is 2.21. The van der Waals surface area contributed by atoms with Crippen LogP contribution in [-0.2, 0) is 11.2 Å². The molecule has 2 aliphatic rings. The van der Waals surface area contributed by atoms with Crippen molar-refractivity contribution in [2.75, 3.05) is 52.5 Å². The second-order valence-electron chi connectivity index (χ2n) is 6.81. The third-order valence-electron chi connectivity index (χ3n) is 5.00.